The van der Waals surface area contributed by atoms with Gasteiger partial charge in [-0.05, 0) is 44.0 Å². The van der Waals surface area contributed by atoms with Gasteiger partial charge >= 0.3 is 0 Å². The molecule has 0 radical (unpaired) electrons. The Labute approximate surface area is 137 Å². The average Bonchev–Trinajstić information content (AvgIpc) is 2.53. The summed E-state index contributed by atoms with van der Waals surface area (Å²) >= 11 is 6.11. The van der Waals surface area contributed by atoms with Crippen LogP contribution in [-0.2, 0) is 16.0 Å². The number of rotatable bonds is 7. The minimum absolute atomic E-state index is 0.0695. The number of hydrogen-bond acceptors (Lipinski definition) is 3. The minimum Gasteiger partial charge on any atom is -0.384 e. The fourth-order valence-electron chi connectivity index (χ4n) is 2.96. The number of aryl methyl sites for hydroxylation is 1. The number of halogens is 1. The molecule has 22 heavy (non-hydrogen) atoms. The molecule has 1 saturated heterocycles. The van der Waals surface area contributed by atoms with Gasteiger partial charge in [-0.15, -0.1) is 0 Å². The van der Waals surface area contributed by atoms with Crippen molar-refractivity contribution in [2.45, 2.75) is 25.7 Å². The molecule has 1 aliphatic heterocycles. The number of carbonyl (C=O) groups excluding carboxylic acids is 1. The normalized spacial score (nSPS) is 17.2. The molecule has 0 unspecified atom stereocenters. The van der Waals surface area contributed by atoms with Crippen molar-refractivity contribution >= 4 is 17.5 Å². The van der Waals surface area contributed by atoms with Crippen LogP contribution in [-0.4, -0.2) is 39.3 Å². The number of benzene rings is 1. The maximum absolute atomic E-state index is 12.1. The minimum atomic E-state index is 0.0695. The number of hydrogen-bond donors (Lipinski definition) is 2. The van der Waals surface area contributed by atoms with E-state index in [1.165, 1.54) is 0 Å². The van der Waals surface area contributed by atoms with Gasteiger partial charge < -0.3 is 15.4 Å². The fraction of sp³-hybridized carbons (Fsp3) is 0.588. The molecule has 1 heterocycles. The molecule has 1 aromatic rings. The van der Waals surface area contributed by atoms with E-state index in [2.05, 4.69) is 10.6 Å². The second-order valence-electron chi connectivity index (χ2n) is 6.05. The summed E-state index contributed by atoms with van der Waals surface area (Å²) in [4.78, 5) is 12.1. The highest BCUT2D eigenvalue weighted by atomic mass is 35.5. The molecule has 0 aliphatic carbocycles. The van der Waals surface area contributed by atoms with E-state index in [1.54, 1.807) is 7.11 Å². The molecule has 2 N–H and O–H groups in total. The number of piperidine rings is 1. The number of amides is 1. The third-order valence-corrected chi connectivity index (χ3v) is 4.72. The van der Waals surface area contributed by atoms with Gasteiger partial charge in [0, 0.05) is 30.5 Å². The summed E-state index contributed by atoms with van der Waals surface area (Å²) in [6.07, 6.45) is 3.20. The SMILES string of the molecule is COCC1(CNC(=O)CCc2ccccc2Cl)CCNCC1. The van der Waals surface area contributed by atoms with E-state index >= 15 is 0 Å². The predicted octanol–water partition coefficient (Wildman–Crippen LogP) is 2.41. The second-order valence-corrected chi connectivity index (χ2v) is 6.46. The Kier molecular flexibility index (Phi) is 6.68. The van der Waals surface area contributed by atoms with E-state index in [1.807, 2.05) is 24.3 Å². The van der Waals surface area contributed by atoms with Crippen molar-refractivity contribution in [3.05, 3.63) is 34.9 Å². The number of nitrogens with one attached hydrogen (secondary N) is 2. The summed E-state index contributed by atoms with van der Waals surface area (Å²) in [7, 11) is 1.73. The first-order valence-electron chi connectivity index (χ1n) is 7.85. The molecule has 0 aromatic heterocycles. The molecule has 1 amide bonds. The van der Waals surface area contributed by atoms with Crippen LogP contribution < -0.4 is 10.6 Å². The molecule has 122 valence electrons. The molecule has 0 spiro atoms. The Morgan fingerprint density at radius 3 is 2.77 bits per heavy atom. The van der Waals surface area contributed by atoms with Crippen molar-refractivity contribution in [2.24, 2.45) is 5.41 Å². The molecular formula is C17H25ClN2O2. The zero-order valence-corrected chi connectivity index (χ0v) is 13.9. The zero-order chi connectivity index (χ0) is 15.8. The van der Waals surface area contributed by atoms with E-state index in [4.69, 9.17) is 16.3 Å². The third kappa shape index (κ3) is 4.97. The summed E-state index contributed by atoms with van der Waals surface area (Å²) in [5.74, 6) is 0.0777. The average molecular weight is 325 g/mol. The first-order chi connectivity index (χ1) is 10.7. The van der Waals surface area contributed by atoms with E-state index < -0.39 is 0 Å². The first-order valence-corrected chi connectivity index (χ1v) is 8.23. The summed E-state index contributed by atoms with van der Waals surface area (Å²) in [5.41, 5.74) is 1.09. The van der Waals surface area contributed by atoms with Crippen molar-refractivity contribution < 1.29 is 9.53 Å². The van der Waals surface area contributed by atoms with Crippen LogP contribution in [0.2, 0.25) is 5.02 Å². The van der Waals surface area contributed by atoms with Gasteiger partial charge in [-0.25, -0.2) is 0 Å². The Morgan fingerprint density at radius 1 is 1.36 bits per heavy atom. The maximum atomic E-state index is 12.1. The Hall–Kier alpha value is -1.10. The molecule has 2 rings (SSSR count). The lowest BCUT2D eigenvalue weighted by molar-refractivity contribution is -0.122. The Morgan fingerprint density at radius 2 is 2.09 bits per heavy atom. The topological polar surface area (TPSA) is 50.4 Å². The Bertz CT molecular complexity index is 482. The van der Waals surface area contributed by atoms with Gasteiger partial charge in [-0.1, -0.05) is 29.8 Å². The van der Waals surface area contributed by atoms with Crippen LogP contribution in [0.3, 0.4) is 0 Å². The van der Waals surface area contributed by atoms with Gasteiger partial charge in [0.1, 0.15) is 0 Å². The molecular weight excluding hydrogens is 300 g/mol. The van der Waals surface area contributed by atoms with Crippen LogP contribution in [0.25, 0.3) is 0 Å². The quantitative estimate of drug-likeness (QED) is 0.810. The van der Waals surface area contributed by atoms with Crippen LogP contribution in [0.15, 0.2) is 24.3 Å². The van der Waals surface area contributed by atoms with Gasteiger partial charge in [0.2, 0.25) is 5.91 Å². The van der Waals surface area contributed by atoms with Crippen molar-refractivity contribution in [1.29, 1.82) is 0 Å². The number of carbonyl (C=O) groups is 1. The number of methoxy groups -OCH3 is 1. The second kappa shape index (κ2) is 8.51. The summed E-state index contributed by atoms with van der Waals surface area (Å²) < 4.78 is 5.37. The van der Waals surface area contributed by atoms with Crippen LogP contribution in [0, 0.1) is 5.41 Å². The fourth-order valence-corrected chi connectivity index (χ4v) is 3.19. The van der Waals surface area contributed by atoms with Crippen molar-refractivity contribution in [3.8, 4) is 0 Å². The van der Waals surface area contributed by atoms with Gasteiger partial charge in [-0.2, -0.15) is 0 Å². The molecule has 0 bridgehead atoms. The van der Waals surface area contributed by atoms with E-state index in [-0.39, 0.29) is 11.3 Å². The smallest absolute Gasteiger partial charge is 0.220 e. The van der Waals surface area contributed by atoms with Gasteiger partial charge in [0.15, 0.2) is 0 Å². The highest BCUT2D eigenvalue weighted by molar-refractivity contribution is 6.31. The van der Waals surface area contributed by atoms with Crippen LogP contribution in [0.4, 0.5) is 0 Å². The van der Waals surface area contributed by atoms with E-state index in [9.17, 15) is 4.79 Å². The van der Waals surface area contributed by atoms with Crippen molar-refractivity contribution in [3.63, 3.8) is 0 Å². The summed E-state index contributed by atoms with van der Waals surface area (Å²) in [6, 6.07) is 7.67. The number of ether oxygens (including phenoxy) is 1. The highest BCUT2D eigenvalue weighted by Crippen LogP contribution is 2.28. The predicted molar refractivity (Wildman–Crippen MR) is 89.2 cm³/mol. The summed E-state index contributed by atoms with van der Waals surface area (Å²) in [5, 5.41) is 7.16. The highest BCUT2D eigenvalue weighted by Gasteiger charge is 2.32. The standard InChI is InChI=1S/C17H25ClN2O2/c1-22-13-17(8-10-19-11-9-17)12-20-16(21)7-6-14-4-2-3-5-15(14)18/h2-5,19H,6-13H2,1H3,(H,20,21). The maximum Gasteiger partial charge on any atom is 0.220 e. The van der Waals surface area contributed by atoms with Crippen LogP contribution in [0.1, 0.15) is 24.8 Å². The lowest BCUT2D eigenvalue weighted by atomic mass is 9.79. The van der Waals surface area contributed by atoms with Crippen molar-refractivity contribution in [1.82, 2.24) is 10.6 Å². The largest absolute Gasteiger partial charge is 0.384 e. The van der Waals surface area contributed by atoms with Crippen molar-refractivity contribution in [2.75, 3.05) is 33.4 Å². The van der Waals surface area contributed by atoms with Crippen LogP contribution in [0.5, 0.6) is 0 Å². The molecule has 5 heteroatoms. The molecule has 4 nitrogen and oxygen atoms in total. The molecule has 0 atom stereocenters. The zero-order valence-electron chi connectivity index (χ0n) is 13.2. The molecule has 1 fully saturated rings. The van der Waals surface area contributed by atoms with Crippen LogP contribution >= 0.6 is 11.6 Å². The third-order valence-electron chi connectivity index (χ3n) is 4.35. The van der Waals surface area contributed by atoms with Gasteiger partial charge in [0.05, 0.1) is 6.61 Å². The molecule has 1 aromatic carbocycles. The lowest BCUT2D eigenvalue weighted by Crippen LogP contribution is -2.47. The lowest BCUT2D eigenvalue weighted by Gasteiger charge is -2.37. The Balaban J connectivity index is 1.80. The summed E-state index contributed by atoms with van der Waals surface area (Å²) in [6.45, 7) is 3.35. The van der Waals surface area contributed by atoms with E-state index in [0.717, 1.165) is 36.5 Å². The first kappa shape index (κ1) is 17.3. The monoisotopic (exact) mass is 324 g/mol. The van der Waals surface area contributed by atoms with Gasteiger partial charge in [-0.3, -0.25) is 4.79 Å². The molecule has 1 aliphatic rings. The van der Waals surface area contributed by atoms with Gasteiger partial charge in [0.25, 0.3) is 0 Å². The molecule has 0 saturated carbocycles. The van der Waals surface area contributed by atoms with E-state index in [0.29, 0.717) is 26.0 Å².